The highest BCUT2D eigenvalue weighted by Crippen LogP contribution is 2.19. The van der Waals surface area contributed by atoms with E-state index in [9.17, 15) is 14.7 Å². The third kappa shape index (κ3) is 3.74. The molecule has 126 valence electrons. The van der Waals surface area contributed by atoms with Gasteiger partial charge >= 0.3 is 5.97 Å². The summed E-state index contributed by atoms with van der Waals surface area (Å²) >= 11 is 0. The van der Waals surface area contributed by atoms with Crippen LogP contribution in [-0.2, 0) is 16.0 Å². The Balaban J connectivity index is 1.62. The van der Waals surface area contributed by atoms with Gasteiger partial charge in [-0.25, -0.2) is 0 Å². The van der Waals surface area contributed by atoms with Gasteiger partial charge in [-0.2, -0.15) is 0 Å². The summed E-state index contributed by atoms with van der Waals surface area (Å²) in [7, 11) is 0. The molecule has 1 amide bonds. The molecule has 2 aromatic carbocycles. The van der Waals surface area contributed by atoms with Gasteiger partial charge in [0.2, 0.25) is 5.91 Å². The number of aryl methyl sites for hydroxylation is 1. The lowest BCUT2D eigenvalue weighted by molar-refractivity contribution is -0.146. The van der Waals surface area contributed by atoms with Crippen LogP contribution in [0.3, 0.4) is 0 Å². The highest BCUT2D eigenvalue weighted by molar-refractivity contribution is 5.83. The zero-order chi connectivity index (χ0) is 17.1. The van der Waals surface area contributed by atoms with Gasteiger partial charge in [-0.15, -0.1) is 0 Å². The normalized spacial score (nSPS) is 21.0. The molecule has 1 heterocycles. The first-order valence-electron chi connectivity index (χ1n) is 8.27. The van der Waals surface area contributed by atoms with Crippen LogP contribution < -0.4 is 5.73 Å². The number of carboxylic acids is 1. The van der Waals surface area contributed by atoms with E-state index in [0.29, 0.717) is 25.8 Å². The summed E-state index contributed by atoms with van der Waals surface area (Å²) in [5.74, 6) is -1.46. The summed E-state index contributed by atoms with van der Waals surface area (Å²) in [6.45, 7) is 0.708. The van der Waals surface area contributed by atoms with Crippen LogP contribution in [0, 0.1) is 5.92 Å². The van der Waals surface area contributed by atoms with E-state index < -0.39 is 11.9 Å². The van der Waals surface area contributed by atoms with E-state index >= 15 is 0 Å². The summed E-state index contributed by atoms with van der Waals surface area (Å²) in [6, 6.07) is 14.1. The maximum atomic E-state index is 12.4. The van der Waals surface area contributed by atoms with Gasteiger partial charge in [0.05, 0.1) is 5.92 Å². The Morgan fingerprint density at radius 2 is 1.88 bits per heavy atom. The second kappa shape index (κ2) is 7.01. The Labute approximate surface area is 141 Å². The van der Waals surface area contributed by atoms with Crippen molar-refractivity contribution in [1.29, 1.82) is 0 Å². The summed E-state index contributed by atoms with van der Waals surface area (Å²) in [5.41, 5.74) is 7.01. The van der Waals surface area contributed by atoms with Crippen molar-refractivity contribution in [2.45, 2.75) is 25.3 Å². The molecule has 2 aromatic rings. The van der Waals surface area contributed by atoms with E-state index in [-0.39, 0.29) is 18.5 Å². The van der Waals surface area contributed by atoms with Gasteiger partial charge in [0, 0.05) is 25.6 Å². The van der Waals surface area contributed by atoms with Gasteiger partial charge in [0.1, 0.15) is 0 Å². The number of carbonyl (C=O) groups excluding carboxylic acids is 1. The zero-order valence-electron chi connectivity index (χ0n) is 13.5. The maximum absolute atomic E-state index is 12.4. The first kappa shape index (κ1) is 16.5. The van der Waals surface area contributed by atoms with Crippen LogP contribution in [0.4, 0.5) is 0 Å². The molecule has 1 aliphatic rings. The molecule has 0 radical (unpaired) electrons. The van der Waals surface area contributed by atoms with Crippen LogP contribution in [-0.4, -0.2) is 41.0 Å². The molecule has 3 rings (SSSR count). The lowest BCUT2D eigenvalue weighted by atomic mass is 9.94. The predicted octanol–water partition coefficient (Wildman–Crippen LogP) is 2.03. The number of piperidine rings is 1. The average molecular weight is 326 g/mol. The molecule has 24 heavy (non-hydrogen) atoms. The van der Waals surface area contributed by atoms with E-state index in [1.807, 2.05) is 18.2 Å². The van der Waals surface area contributed by atoms with E-state index in [0.717, 1.165) is 10.9 Å². The van der Waals surface area contributed by atoms with Crippen molar-refractivity contribution in [3.05, 3.63) is 48.0 Å². The first-order valence-corrected chi connectivity index (χ1v) is 8.27. The minimum atomic E-state index is -0.877. The number of fused-ring (bicyclic) bond motifs is 1. The standard InChI is InChI=1S/C19H22N2O3/c20-17-10-16(19(23)24)11-21(12-17)18(22)8-6-13-5-7-14-3-1-2-4-15(14)9-13/h1-5,7,9,16-17H,6,8,10-12,20H2,(H,23,24). The Morgan fingerprint density at radius 3 is 2.62 bits per heavy atom. The van der Waals surface area contributed by atoms with E-state index in [1.54, 1.807) is 4.90 Å². The van der Waals surface area contributed by atoms with Crippen LogP contribution in [0.5, 0.6) is 0 Å². The molecular weight excluding hydrogens is 304 g/mol. The summed E-state index contributed by atoms with van der Waals surface area (Å²) < 4.78 is 0. The second-order valence-electron chi connectivity index (χ2n) is 6.51. The Bertz CT molecular complexity index is 759. The minimum Gasteiger partial charge on any atom is -0.481 e. The SMILES string of the molecule is NC1CC(C(=O)O)CN(C(=O)CCc2ccc3ccccc3c2)C1. The van der Waals surface area contributed by atoms with Crippen molar-refractivity contribution in [2.75, 3.05) is 13.1 Å². The van der Waals surface area contributed by atoms with E-state index in [4.69, 9.17) is 5.73 Å². The summed E-state index contributed by atoms with van der Waals surface area (Å²) in [4.78, 5) is 25.2. The van der Waals surface area contributed by atoms with Crippen LogP contribution in [0.1, 0.15) is 18.4 Å². The number of rotatable bonds is 4. The fourth-order valence-electron chi connectivity index (χ4n) is 3.32. The van der Waals surface area contributed by atoms with Crippen molar-refractivity contribution in [1.82, 2.24) is 4.90 Å². The van der Waals surface area contributed by atoms with Crippen LogP contribution in [0.2, 0.25) is 0 Å². The molecule has 3 N–H and O–H groups in total. The molecule has 2 unspecified atom stereocenters. The predicted molar refractivity (Wildman–Crippen MR) is 92.6 cm³/mol. The van der Waals surface area contributed by atoms with Crippen molar-refractivity contribution in [3.63, 3.8) is 0 Å². The Morgan fingerprint density at radius 1 is 1.12 bits per heavy atom. The number of nitrogens with two attached hydrogens (primary N) is 1. The number of hydrogen-bond acceptors (Lipinski definition) is 3. The van der Waals surface area contributed by atoms with E-state index in [1.165, 1.54) is 5.39 Å². The van der Waals surface area contributed by atoms with Gasteiger partial charge in [0.15, 0.2) is 0 Å². The number of benzene rings is 2. The molecule has 0 bridgehead atoms. The van der Waals surface area contributed by atoms with Gasteiger partial charge in [-0.3, -0.25) is 9.59 Å². The molecule has 5 heteroatoms. The topological polar surface area (TPSA) is 83.6 Å². The number of aliphatic carboxylic acids is 1. The Kier molecular flexibility index (Phi) is 4.81. The van der Waals surface area contributed by atoms with Crippen molar-refractivity contribution < 1.29 is 14.7 Å². The third-order valence-corrected chi connectivity index (χ3v) is 4.63. The Hall–Kier alpha value is -2.40. The number of nitrogens with zero attached hydrogens (tertiary/aromatic N) is 1. The van der Waals surface area contributed by atoms with Crippen molar-refractivity contribution in [2.24, 2.45) is 11.7 Å². The third-order valence-electron chi connectivity index (χ3n) is 4.63. The van der Waals surface area contributed by atoms with Crippen LogP contribution >= 0.6 is 0 Å². The van der Waals surface area contributed by atoms with Crippen LogP contribution in [0.25, 0.3) is 10.8 Å². The lowest BCUT2D eigenvalue weighted by Gasteiger charge is -2.34. The number of carboxylic acid groups (broad SMARTS) is 1. The van der Waals surface area contributed by atoms with Gasteiger partial charge < -0.3 is 15.7 Å². The largest absolute Gasteiger partial charge is 0.481 e. The molecule has 1 saturated heterocycles. The molecule has 0 aromatic heterocycles. The van der Waals surface area contributed by atoms with E-state index in [2.05, 4.69) is 24.3 Å². The van der Waals surface area contributed by atoms with Gasteiger partial charge in [-0.05, 0) is 29.2 Å². The first-order chi connectivity index (χ1) is 11.5. The van der Waals surface area contributed by atoms with Gasteiger partial charge in [0.25, 0.3) is 0 Å². The molecule has 1 fully saturated rings. The molecule has 1 aliphatic heterocycles. The summed E-state index contributed by atoms with van der Waals surface area (Å²) in [5, 5.41) is 11.5. The fraction of sp³-hybridized carbons (Fsp3) is 0.368. The molecule has 0 aliphatic carbocycles. The second-order valence-corrected chi connectivity index (χ2v) is 6.51. The molecule has 2 atom stereocenters. The number of hydrogen-bond donors (Lipinski definition) is 2. The van der Waals surface area contributed by atoms with Crippen LogP contribution in [0.15, 0.2) is 42.5 Å². The molecule has 5 nitrogen and oxygen atoms in total. The number of amides is 1. The fourth-order valence-corrected chi connectivity index (χ4v) is 3.32. The highest BCUT2D eigenvalue weighted by atomic mass is 16.4. The highest BCUT2D eigenvalue weighted by Gasteiger charge is 2.31. The smallest absolute Gasteiger partial charge is 0.308 e. The number of likely N-dealkylation sites (tertiary alicyclic amines) is 1. The van der Waals surface area contributed by atoms with Crippen molar-refractivity contribution in [3.8, 4) is 0 Å². The lowest BCUT2D eigenvalue weighted by Crippen LogP contribution is -2.51. The summed E-state index contributed by atoms with van der Waals surface area (Å²) in [6.07, 6.45) is 1.45. The maximum Gasteiger partial charge on any atom is 0.308 e. The molecule has 0 spiro atoms. The van der Waals surface area contributed by atoms with Crippen molar-refractivity contribution >= 4 is 22.6 Å². The average Bonchev–Trinajstić information content (AvgIpc) is 2.58. The monoisotopic (exact) mass is 326 g/mol. The zero-order valence-corrected chi connectivity index (χ0v) is 13.5. The van der Waals surface area contributed by atoms with Gasteiger partial charge in [-0.1, -0.05) is 42.5 Å². The molecule has 0 saturated carbocycles. The number of carbonyl (C=O) groups is 2. The minimum absolute atomic E-state index is 0.0236. The molecular formula is C19H22N2O3. The quantitative estimate of drug-likeness (QED) is 0.900.